The summed E-state index contributed by atoms with van der Waals surface area (Å²) >= 11 is 0. The van der Waals surface area contributed by atoms with Crippen molar-refractivity contribution in [2.75, 3.05) is 29.9 Å². The maximum Gasteiger partial charge on any atom is 0.246 e. The number of amides is 1. The Kier molecular flexibility index (Phi) is 6.86. The summed E-state index contributed by atoms with van der Waals surface area (Å²) in [5.74, 6) is -0.0678. The van der Waals surface area contributed by atoms with Crippen molar-refractivity contribution >= 4 is 45.0 Å². The highest BCUT2D eigenvalue weighted by molar-refractivity contribution is 5.94. The lowest BCUT2D eigenvalue weighted by Crippen LogP contribution is -2.53. The van der Waals surface area contributed by atoms with E-state index in [4.69, 9.17) is 0 Å². The molecule has 8 nitrogen and oxygen atoms in total. The maximum atomic E-state index is 16.1. The van der Waals surface area contributed by atoms with Gasteiger partial charge in [0.15, 0.2) is 5.82 Å². The zero-order valence-corrected chi connectivity index (χ0v) is 23.4. The monoisotopic (exact) mass is 549 g/mol. The fraction of sp³-hybridized carbons (Fsp3) is 0.250. The number of fused-ring (bicyclic) bond motifs is 2. The van der Waals surface area contributed by atoms with E-state index >= 15 is 4.39 Å². The highest BCUT2D eigenvalue weighted by Crippen LogP contribution is 2.33. The normalized spacial score (nSPS) is 15.5. The molecule has 5 aromatic rings. The van der Waals surface area contributed by atoms with Gasteiger partial charge in [0.05, 0.1) is 34.0 Å². The average Bonchev–Trinajstić information content (AvgIpc) is 3.34. The summed E-state index contributed by atoms with van der Waals surface area (Å²) in [5, 5.41) is 3.67. The summed E-state index contributed by atoms with van der Waals surface area (Å²) < 4.78 is 18.1. The number of imidazole rings is 1. The van der Waals surface area contributed by atoms with Crippen LogP contribution >= 0.6 is 0 Å². The number of carbonyl (C=O) groups excluding carboxylic acids is 1. The first-order valence-electron chi connectivity index (χ1n) is 13.7. The van der Waals surface area contributed by atoms with Crippen molar-refractivity contribution < 1.29 is 9.18 Å². The number of hydrogen-bond acceptors (Lipinski definition) is 6. The Balaban J connectivity index is 1.25. The molecule has 1 N–H and O–H groups in total. The maximum absolute atomic E-state index is 16.1. The number of hydrogen-bond donors (Lipinski definition) is 1. The summed E-state index contributed by atoms with van der Waals surface area (Å²) in [6.45, 7) is 9.18. The first-order valence-corrected chi connectivity index (χ1v) is 13.7. The highest BCUT2D eigenvalue weighted by atomic mass is 19.1. The molecule has 0 radical (unpaired) electrons. The van der Waals surface area contributed by atoms with Crippen LogP contribution in [0.4, 0.5) is 21.6 Å². The van der Waals surface area contributed by atoms with Gasteiger partial charge in [0.2, 0.25) is 5.91 Å². The SMILES string of the molecule is C=CC(=O)N1CCN(c2ccc3ncnc(Nc4ccc(Cc5ccc6c(c5)ncn6C)c(C)c4)c3c2F)CC1C. The smallest absolute Gasteiger partial charge is 0.246 e. The van der Waals surface area contributed by atoms with Crippen molar-refractivity contribution in [3.05, 3.63) is 96.3 Å². The van der Waals surface area contributed by atoms with E-state index in [-0.39, 0.29) is 17.8 Å². The molecule has 1 amide bonds. The first-order chi connectivity index (χ1) is 19.8. The third-order valence-electron chi connectivity index (χ3n) is 7.94. The number of halogens is 1. The zero-order chi connectivity index (χ0) is 28.7. The lowest BCUT2D eigenvalue weighted by atomic mass is 9.99. The summed E-state index contributed by atoms with van der Waals surface area (Å²) in [4.78, 5) is 29.1. The van der Waals surface area contributed by atoms with Crippen LogP contribution in [-0.4, -0.2) is 56.0 Å². The molecule has 1 atom stereocenters. The molecule has 9 heteroatoms. The van der Waals surface area contributed by atoms with Gasteiger partial charge in [-0.05, 0) is 79.4 Å². The number of aromatic nitrogens is 4. The zero-order valence-electron chi connectivity index (χ0n) is 23.4. The van der Waals surface area contributed by atoms with E-state index < -0.39 is 0 Å². The van der Waals surface area contributed by atoms with E-state index in [1.807, 2.05) is 41.9 Å². The summed E-state index contributed by atoms with van der Waals surface area (Å²) in [6.07, 6.45) is 5.39. The molecule has 1 fully saturated rings. The van der Waals surface area contributed by atoms with Crippen LogP contribution in [0.2, 0.25) is 0 Å². The van der Waals surface area contributed by atoms with E-state index in [0.29, 0.717) is 42.0 Å². The number of benzene rings is 3. The van der Waals surface area contributed by atoms with E-state index in [0.717, 1.165) is 28.7 Å². The van der Waals surface area contributed by atoms with Gasteiger partial charge in [0.1, 0.15) is 12.1 Å². The van der Waals surface area contributed by atoms with Crippen molar-refractivity contribution in [2.45, 2.75) is 26.3 Å². The molecule has 3 heterocycles. The number of carbonyl (C=O) groups is 1. The molecule has 0 saturated carbocycles. The van der Waals surface area contributed by atoms with Crippen LogP contribution in [0.3, 0.4) is 0 Å². The number of rotatable bonds is 6. The Morgan fingerprint density at radius 3 is 2.73 bits per heavy atom. The average molecular weight is 550 g/mol. The molecule has 0 spiro atoms. The lowest BCUT2D eigenvalue weighted by molar-refractivity contribution is -0.128. The molecule has 1 aliphatic heterocycles. The minimum atomic E-state index is -0.375. The third kappa shape index (κ3) is 4.99. The van der Waals surface area contributed by atoms with Crippen molar-refractivity contribution in [3.63, 3.8) is 0 Å². The second kappa shape index (κ2) is 10.6. The molecular weight excluding hydrogens is 517 g/mol. The molecule has 41 heavy (non-hydrogen) atoms. The van der Waals surface area contributed by atoms with Gasteiger partial charge < -0.3 is 19.7 Å². The number of anilines is 3. The van der Waals surface area contributed by atoms with E-state index in [1.54, 1.807) is 11.0 Å². The Labute approximate surface area is 238 Å². The standard InChI is InChI=1S/C32H32FN7O/c1-5-29(41)40-13-12-39(17-21(40)3)28-11-9-25-30(31(28)33)32(35-18-34-25)37-24-8-7-23(20(2)14-24)15-22-6-10-27-26(16-22)36-19-38(27)4/h5-11,14,16,18-19,21H,1,12-13,15,17H2,2-4H3,(H,34,35,37). The highest BCUT2D eigenvalue weighted by Gasteiger charge is 2.28. The first kappa shape index (κ1) is 26.4. The van der Waals surface area contributed by atoms with Crippen LogP contribution in [0.15, 0.2) is 73.8 Å². The van der Waals surface area contributed by atoms with Crippen LogP contribution in [-0.2, 0) is 18.3 Å². The molecule has 0 bridgehead atoms. The van der Waals surface area contributed by atoms with Crippen LogP contribution in [0.25, 0.3) is 21.9 Å². The largest absolute Gasteiger partial charge is 0.365 e. The number of piperazine rings is 1. The summed E-state index contributed by atoms with van der Waals surface area (Å²) in [6, 6.07) is 16.0. The Bertz CT molecular complexity index is 1800. The Morgan fingerprint density at radius 1 is 1.10 bits per heavy atom. The molecule has 1 saturated heterocycles. The van der Waals surface area contributed by atoms with E-state index in [9.17, 15) is 4.79 Å². The second-order valence-corrected chi connectivity index (χ2v) is 10.7. The van der Waals surface area contributed by atoms with Crippen molar-refractivity contribution in [3.8, 4) is 0 Å². The Morgan fingerprint density at radius 2 is 1.95 bits per heavy atom. The van der Waals surface area contributed by atoms with E-state index in [1.165, 1.54) is 23.5 Å². The topological polar surface area (TPSA) is 79.2 Å². The molecule has 2 aromatic heterocycles. The third-order valence-corrected chi connectivity index (χ3v) is 7.94. The predicted octanol–water partition coefficient (Wildman–Crippen LogP) is 5.52. The van der Waals surface area contributed by atoms with Crippen molar-refractivity contribution in [1.29, 1.82) is 0 Å². The van der Waals surface area contributed by atoms with Crippen LogP contribution in [0.1, 0.15) is 23.6 Å². The van der Waals surface area contributed by atoms with E-state index in [2.05, 4.69) is 64.1 Å². The molecular formula is C32H32FN7O. The quantitative estimate of drug-likeness (QED) is 0.281. The molecule has 0 aliphatic carbocycles. The van der Waals surface area contributed by atoms with Gasteiger partial charge in [-0.1, -0.05) is 18.7 Å². The van der Waals surface area contributed by atoms with Gasteiger partial charge >= 0.3 is 0 Å². The second-order valence-electron chi connectivity index (χ2n) is 10.7. The molecule has 6 rings (SSSR count). The molecule has 3 aromatic carbocycles. The number of nitrogens with zero attached hydrogens (tertiary/aromatic N) is 6. The Hall–Kier alpha value is -4.79. The van der Waals surface area contributed by atoms with Gasteiger partial charge in [-0.2, -0.15) is 0 Å². The molecule has 1 unspecified atom stereocenters. The van der Waals surface area contributed by atoms with Gasteiger partial charge in [0.25, 0.3) is 0 Å². The van der Waals surface area contributed by atoms with Crippen LogP contribution < -0.4 is 10.2 Å². The summed E-state index contributed by atoms with van der Waals surface area (Å²) in [5.41, 5.74) is 7.44. The minimum absolute atomic E-state index is 0.0682. The predicted molar refractivity (Wildman–Crippen MR) is 161 cm³/mol. The summed E-state index contributed by atoms with van der Waals surface area (Å²) in [7, 11) is 1.99. The van der Waals surface area contributed by atoms with Gasteiger partial charge in [-0.15, -0.1) is 0 Å². The fourth-order valence-corrected chi connectivity index (χ4v) is 5.68. The van der Waals surface area contributed by atoms with Crippen LogP contribution in [0, 0.1) is 12.7 Å². The fourth-order valence-electron chi connectivity index (χ4n) is 5.68. The van der Waals surface area contributed by atoms with Crippen LogP contribution in [0.5, 0.6) is 0 Å². The van der Waals surface area contributed by atoms with Crippen molar-refractivity contribution in [1.82, 2.24) is 24.4 Å². The molecule has 1 aliphatic rings. The minimum Gasteiger partial charge on any atom is -0.365 e. The number of nitrogens with one attached hydrogen (secondary N) is 1. The van der Waals surface area contributed by atoms with Gasteiger partial charge in [0, 0.05) is 38.4 Å². The molecule has 208 valence electrons. The lowest BCUT2D eigenvalue weighted by Gasteiger charge is -2.40. The van der Waals surface area contributed by atoms with Gasteiger partial charge in [-0.3, -0.25) is 4.79 Å². The number of aryl methyl sites for hydroxylation is 2. The van der Waals surface area contributed by atoms with Crippen molar-refractivity contribution in [2.24, 2.45) is 7.05 Å². The van der Waals surface area contributed by atoms with Gasteiger partial charge in [-0.25, -0.2) is 19.3 Å².